The number of hydrogen-bond acceptors (Lipinski definition) is 5. The van der Waals surface area contributed by atoms with Crippen LogP contribution < -0.4 is 21.1 Å². The number of ether oxygens (including phenoxy) is 1. The highest BCUT2D eigenvalue weighted by molar-refractivity contribution is 7.91. The van der Waals surface area contributed by atoms with E-state index < -0.39 is 22.0 Å². The average molecular weight is 504 g/mol. The molecule has 0 aliphatic heterocycles. The Bertz CT molecular complexity index is 1370. The monoisotopic (exact) mass is 503 g/mol. The van der Waals surface area contributed by atoms with Gasteiger partial charge in [-0.05, 0) is 61.0 Å². The Morgan fingerprint density at radius 2 is 1.22 bits per heavy atom. The van der Waals surface area contributed by atoms with Gasteiger partial charge in [0.05, 0.1) is 9.79 Å². The van der Waals surface area contributed by atoms with E-state index in [1.165, 1.54) is 0 Å². The third kappa shape index (κ3) is 7.44. The van der Waals surface area contributed by atoms with Crippen molar-refractivity contribution in [3.8, 4) is 5.75 Å². The summed E-state index contributed by atoms with van der Waals surface area (Å²) in [6.45, 7) is 1.83. The van der Waals surface area contributed by atoms with Gasteiger partial charge < -0.3 is 15.8 Å². The zero-order valence-corrected chi connectivity index (χ0v) is 20.2. The molecule has 4 rings (SSSR count). The van der Waals surface area contributed by atoms with E-state index in [9.17, 15) is 18.0 Å². The number of amides is 3. The van der Waals surface area contributed by atoms with Crippen molar-refractivity contribution in [3.63, 3.8) is 0 Å². The highest BCUT2D eigenvalue weighted by Crippen LogP contribution is 2.21. The van der Waals surface area contributed by atoms with E-state index in [0.717, 1.165) is 5.56 Å². The number of benzene rings is 4. The van der Waals surface area contributed by atoms with Crippen LogP contribution in [0.15, 0.2) is 119 Å². The summed E-state index contributed by atoms with van der Waals surface area (Å²) in [4.78, 5) is 23.3. The van der Waals surface area contributed by atoms with E-state index in [4.69, 9.17) is 10.5 Å². The van der Waals surface area contributed by atoms with Crippen molar-refractivity contribution in [3.05, 3.63) is 115 Å². The molecule has 0 aliphatic carbocycles. The fraction of sp³-hybridized carbons (Fsp3) is 0.0370. The van der Waals surface area contributed by atoms with E-state index in [1.54, 1.807) is 103 Å². The van der Waals surface area contributed by atoms with E-state index in [2.05, 4.69) is 10.6 Å². The van der Waals surface area contributed by atoms with Crippen molar-refractivity contribution < 1.29 is 22.7 Å². The second kappa shape index (κ2) is 12.2. The van der Waals surface area contributed by atoms with Gasteiger partial charge in [0.15, 0.2) is 0 Å². The minimum atomic E-state index is -3.34. The molecule has 0 bridgehead atoms. The molecular formula is C27H25N3O5S. The first-order chi connectivity index (χ1) is 17.3. The number of sulfone groups is 1. The number of nitrogens with two attached hydrogens (primary N) is 1. The summed E-state index contributed by atoms with van der Waals surface area (Å²) in [7, 11) is -3.34. The molecule has 0 spiro atoms. The van der Waals surface area contributed by atoms with Crippen LogP contribution in [0.1, 0.15) is 5.56 Å². The third-order valence-corrected chi connectivity index (χ3v) is 6.59. The number of nitrogens with one attached hydrogen (secondary N) is 2. The van der Waals surface area contributed by atoms with E-state index in [0.29, 0.717) is 26.9 Å². The topological polar surface area (TPSA) is 128 Å². The lowest BCUT2D eigenvalue weighted by Gasteiger charge is -2.11. The smallest absolute Gasteiger partial charge is 0.410 e. The second-order valence-electron chi connectivity index (χ2n) is 7.48. The van der Waals surface area contributed by atoms with Crippen LogP contribution in [0.2, 0.25) is 0 Å². The van der Waals surface area contributed by atoms with Gasteiger partial charge >= 0.3 is 12.1 Å². The molecule has 4 aromatic carbocycles. The number of hydrogen-bond donors (Lipinski definition) is 3. The largest absolute Gasteiger partial charge is 0.417 e. The zero-order chi connectivity index (χ0) is 26.0. The SMILES string of the molecule is Cc1ccc(NC(N)=O)cc1NC(=O)Oc1ccccc1.O=S(=O)(c1ccccc1)c1ccccc1. The van der Waals surface area contributed by atoms with Crippen molar-refractivity contribution in [1.29, 1.82) is 0 Å². The number of carbonyl (C=O) groups is 2. The average Bonchev–Trinajstić information content (AvgIpc) is 2.88. The summed E-state index contributed by atoms with van der Waals surface area (Å²) in [6, 6.07) is 30.0. The highest BCUT2D eigenvalue weighted by Gasteiger charge is 2.15. The lowest BCUT2D eigenvalue weighted by molar-refractivity contribution is 0.215. The number of aryl methyl sites for hydroxylation is 1. The maximum absolute atomic E-state index is 12.0. The fourth-order valence-electron chi connectivity index (χ4n) is 3.04. The van der Waals surface area contributed by atoms with Crippen molar-refractivity contribution in [2.75, 3.05) is 10.6 Å². The fourth-order valence-corrected chi connectivity index (χ4v) is 4.35. The van der Waals surface area contributed by atoms with Crippen LogP contribution in [-0.2, 0) is 9.84 Å². The molecule has 36 heavy (non-hydrogen) atoms. The lowest BCUT2D eigenvalue weighted by Crippen LogP contribution is -2.20. The number of primary amides is 1. The first-order valence-corrected chi connectivity index (χ1v) is 12.3. The maximum atomic E-state index is 12.0. The van der Waals surface area contributed by atoms with Crippen molar-refractivity contribution in [1.82, 2.24) is 0 Å². The molecule has 0 unspecified atom stereocenters. The predicted octanol–water partition coefficient (Wildman–Crippen LogP) is 5.62. The van der Waals surface area contributed by atoms with Crippen molar-refractivity contribution in [2.45, 2.75) is 16.7 Å². The van der Waals surface area contributed by atoms with Gasteiger partial charge in [-0.2, -0.15) is 0 Å². The summed E-state index contributed by atoms with van der Waals surface area (Å²) >= 11 is 0. The molecule has 0 saturated carbocycles. The number of anilines is 2. The zero-order valence-electron chi connectivity index (χ0n) is 19.4. The molecule has 3 amide bonds. The highest BCUT2D eigenvalue weighted by atomic mass is 32.2. The summed E-state index contributed by atoms with van der Waals surface area (Å²) < 4.78 is 29.2. The molecular weight excluding hydrogens is 478 g/mol. The molecule has 0 heterocycles. The first kappa shape index (κ1) is 26.0. The quantitative estimate of drug-likeness (QED) is 0.326. The standard InChI is InChI=1S/C15H15N3O3.C12H10O2S/c1-10-7-8-11(17-14(16)19)9-13(10)18-15(20)21-12-5-3-2-4-6-12;13-15(14,11-7-3-1-4-8-11)12-9-5-2-6-10-12/h2-9H,1H3,(H,18,20)(H3,16,17,19);1-10H. The van der Waals surface area contributed by atoms with Gasteiger partial charge in [0.25, 0.3) is 0 Å². The molecule has 0 saturated heterocycles. The van der Waals surface area contributed by atoms with Gasteiger partial charge in [-0.25, -0.2) is 18.0 Å². The molecule has 4 N–H and O–H groups in total. The Morgan fingerprint density at radius 1 is 0.722 bits per heavy atom. The molecule has 9 heteroatoms. The Labute approximate surface area is 209 Å². The van der Waals surface area contributed by atoms with Gasteiger partial charge in [-0.3, -0.25) is 5.32 Å². The second-order valence-corrected chi connectivity index (χ2v) is 9.43. The summed E-state index contributed by atoms with van der Waals surface area (Å²) in [5, 5.41) is 5.06. The van der Waals surface area contributed by atoms with Crippen LogP contribution in [-0.4, -0.2) is 20.5 Å². The van der Waals surface area contributed by atoms with Crippen molar-refractivity contribution >= 4 is 33.3 Å². The Balaban J connectivity index is 0.000000212. The van der Waals surface area contributed by atoms with Gasteiger partial charge in [0.1, 0.15) is 5.75 Å². The Hall–Kier alpha value is -4.63. The number of rotatable bonds is 5. The van der Waals surface area contributed by atoms with Crippen LogP contribution in [0.3, 0.4) is 0 Å². The first-order valence-electron chi connectivity index (χ1n) is 10.8. The van der Waals surface area contributed by atoms with Gasteiger partial charge in [0, 0.05) is 11.4 Å². The molecule has 4 aromatic rings. The third-order valence-electron chi connectivity index (χ3n) is 4.80. The summed E-state index contributed by atoms with van der Waals surface area (Å²) in [5.41, 5.74) is 6.90. The van der Waals surface area contributed by atoms with Crippen LogP contribution >= 0.6 is 0 Å². The molecule has 0 aromatic heterocycles. The molecule has 8 nitrogen and oxygen atoms in total. The van der Waals surface area contributed by atoms with Crippen LogP contribution in [0, 0.1) is 6.92 Å². The van der Waals surface area contributed by atoms with Crippen LogP contribution in [0.5, 0.6) is 5.75 Å². The maximum Gasteiger partial charge on any atom is 0.417 e. The number of carbonyl (C=O) groups excluding carboxylic acids is 2. The molecule has 0 fully saturated rings. The summed E-state index contributed by atoms with van der Waals surface area (Å²) in [5.74, 6) is 0.444. The molecule has 184 valence electrons. The lowest BCUT2D eigenvalue weighted by atomic mass is 10.2. The van der Waals surface area contributed by atoms with Gasteiger partial charge in [-0.1, -0.05) is 60.7 Å². The predicted molar refractivity (Wildman–Crippen MR) is 139 cm³/mol. The number of para-hydroxylation sites is 1. The number of urea groups is 1. The van der Waals surface area contributed by atoms with Crippen LogP contribution in [0.25, 0.3) is 0 Å². The molecule has 0 radical (unpaired) electrons. The molecule has 0 atom stereocenters. The van der Waals surface area contributed by atoms with Crippen LogP contribution in [0.4, 0.5) is 21.0 Å². The minimum Gasteiger partial charge on any atom is -0.410 e. The van der Waals surface area contributed by atoms with Gasteiger partial charge in [0.2, 0.25) is 9.84 Å². The van der Waals surface area contributed by atoms with E-state index in [1.807, 2.05) is 13.0 Å². The normalized spacial score (nSPS) is 10.4. The minimum absolute atomic E-state index is 0.330. The van der Waals surface area contributed by atoms with E-state index >= 15 is 0 Å². The van der Waals surface area contributed by atoms with Gasteiger partial charge in [-0.15, -0.1) is 0 Å². The van der Waals surface area contributed by atoms with Crippen molar-refractivity contribution in [2.24, 2.45) is 5.73 Å². The molecule has 0 aliphatic rings. The Morgan fingerprint density at radius 3 is 1.72 bits per heavy atom. The Kier molecular flexibility index (Phi) is 8.79. The van der Waals surface area contributed by atoms with E-state index in [-0.39, 0.29) is 0 Å². The summed E-state index contributed by atoms with van der Waals surface area (Å²) in [6.07, 6.45) is -0.611.